The lowest BCUT2D eigenvalue weighted by Gasteiger charge is -2.34. The molecular formula is C42H29N3O. The van der Waals surface area contributed by atoms with Gasteiger partial charge in [0.05, 0.1) is 22.4 Å². The summed E-state index contributed by atoms with van der Waals surface area (Å²) in [4.78, 5) is 4.55. The van der Waals surface area contributed by atoms with Gasteiger partial charge in [0.2, 0.25) is 0 Å². The van der Waals surface area contributed by atoms with E-state index in [2.05, 4.69) is 172 Å². The average Bonchev–Trinajstić information content (AvgIpc) is 3.46. The minimum atomic E-state index is 0.808. The van der Waals surface area contributed by atoms with Gasteiger partial charge in [0, 0.05) is 45.3 Å². The van der Waals surface area contributed by atoms with Crippen molar-refractivity contribution in [3.8, 4) is 17.2 Å². The molecule has 0 N–H and O–H groups in total. The Morgan fingerprint density at radius 3 is 1.65 bits per heavy atom. The van der Waals surface area contributed by atoms with Gasteiger partial charge in [-0.05, 0) is 84.9 Å². The van der Waals surface area contributed by atoms with Gasteiger partial charge in [0.15, 0.2) is 11.5 Å². The first-order valence-corrected chi connectivity index (χ1v) is 15.5. The fourth-order valence-corrected chi connectivity index (χ4v) is 6.72. The highest BCUT2D eigenvalue weighted by Crippen LogP contribution is 2.52. The van der Waals surface area contributed by atoms with E-state index in [-0.39, 0.29) is 0 Å². The first-order chi connectivity index (χ1) is 22.8. The highest BCUT2D eigenvalue weighted by Gasteiger charge is 2.27. The Labute approximate surface area is 267 Å². The molecule has 1 aliphatic rings. The minimum absolute atomic E-state index is 0.808. The van der Waals surface area contributed by atoms with Gasteiger partial charge in [0.1, 0.15) is 0 Å². The van der Waals surface area contributed by atoms with Crippen molar-refractivity contribution >= 4 is 55.9 Å². The van der Waals surface area contributed by atoms with Crippen LogP contribution in [0, 0.1) is 0 Å². The Morgan fingerprint density at radius 2 is 0.935 bits per heavy atom. The molecule has 0 amide bonds. The van der Waals surface area contributed by atoms with E-state index < -0.39 is 0 Å². The van der Waals surface area contributed by atoms with Crippen LogP contribution in [0.5, 0.6) is 11.5 Å². The smallest absolute Gasteiger partial charge is 0.153 e. The fourth-order valence-electron chi connectivity index (χ4n) is 6.72. The third-order valence-corrected chi connectivity index (χ3v) is 8.74. The lowest BCUT2D eigenvalue weighted by molar-refractivity contribution is 0.477. The summed E-state index contributed by atoms with van der Waals surface area (Å²) in [6.45, 7) is 0. The average molecular weight is 592 g/mol. The second-order valence-electron chi connectivity index (χ2n) is 11.4. The van der Waals surface area contributed by atoms with Gasteiger partial charge in [-0.3, -0.25) is 0 Å². The van der Waals surface area contributed by atoms with Crippen molar-refractivity contribution in [3.63, 3.8) is 0 Å². The van der Waals surface area contributed by atoms with E-state index in [9.17, 15) is 0 Å². The van der Waals surface area contributed by atoms with Crippen LogP contribution < -0.4 is 14.5 Å². The van der Waals surface area contributed by atoms with Crippen molar-refractivity contribution < 1.29 is 4.74 Å². The van der Waals surface area contributed by atoms with Crippen LogP contribution in [-0.4, -0.2) is 4.57 Å². The quantitative estimate of drug-likeness (QED) is 0.199. The highest BCUT2D eigenvalue weighted by atomic mass is 16.5. The SMILES string of the molecule is c1ccc(N(c2ccc(-n3c4ccccc4c4ccccc43)cc2)c2ccc3c(c2)Oc2ccccc2N3c2ccccc2)cc1. The fraction of sp³-hybridized carbons (Fsp3) is 0. The normalized spacial score (nSPS) is 12.0. The van der Waals surface area contributed by atoms with Gasteiger partial charge in [-0.15, -0.1) is 0 Å². The van der Waals surface area contributed by atoms with Crippen LogP contribution in [0.3, 0.4) is 0 Å². The number of nitrogens with zero attached hydrogens (tertiary/aromatic N) is 3. The van der Waals surface area contributed by atoms with Crippen LogP contribution in [0.1, 0.15) is 0 Å². The van der Waals surface area contributed by atoms with E-state index in [1.165, 1.54) is 21.8 Å². The van der Waals surface area contributed by atoms with Crippen LogP contribution >= 0.6 is 0 Å². The molecule has 46 heavy (non-hydrogen) atoms. The number of para-hydroxylation sites is 6. The number of hydrogen-bond acceptors (Lipinski definition) is 3. The molecule has 0 saturated carbocycles. The molecule has 218 valence electrons. The first-order valence-electron chi connectivity index (χ1n) is 15.5. The number of rotatable bonds is 5. The monoisotopic (exact) mass is 591 g/mol. The Bertz CT molecular complexity index is 2290. The molecule has 7 aromatic carbocycles. The topological polar surface area (TPSA) is 20.6 Å². The van der Waals surface area contributed by atoms with Crippen molar-refractivity contribution in [2.24, 2.45) is 0 Å². The molecule has 0 aliphatic carbocycles. The molecule has 8 aromatic rings. The maximum Gasteiger partial charge on any atom is 0.153 e. The predicted octanol–water partition coefficient (Wildman–Crippen LogP) is 11.8. The number of fused-ring (bicyclic) bond motifs is 5. The van der Waals surface area contributed by atoms with Crippen LogP contribution in [0.4, 0.5) is 34.1 Å². The second-order valence-corrected chi connectivity index (χ2v) is 11.4. The number of benzene rings is 7. The highest BCUT2D eigenvalue weighted by molar-refractivity contribution is 6.09. The van der Waals surface area contributed by atoms with Gasteiger partial charge in [-0.2, -0.15) is 0 Å². The molecule has 4 heteroatoms. The lowest BCUT2D eigenvalue weighted by atomic mass is 10.1. The summed E-state index contributed by atoms with van der Waals surface area (Å²) in [7, 11) is 0. The number of aromatic nitrogens is 1. The van der Waals surface area contributed by atoms with E-state index >= 15 is 0 Å². The zero-order chi connectivity index (χ0) is 30.5. The molecule has 1 aromatic heterocycles. The molecule has 0 fully saturated rings. The zero-order valence-corrected chi connectivity index (χ0v) is 25.0. The predicted molar refractivity (Wildman–Crippen MR) is 190 cm³/mol. The van der Waals surface area contributed by atoms with Crippen molar-refractivity contribution in [3.05, 3.63) is 176 Å². The van der Waals surface area contributed by atoms with Crippen LogP contribution in [0.25, 0.3) is 27.5 Å². The standard InChI is InChI=1S/C42H29N3O/c1-3-13-30(14-4-1)43(32-23-25-33(26-24-32)44-37-19-9-7-17-35(37)36-18-8-10-20-38(36)44)34-27-28-40-42(29-34)46-41-22-12-11-21-39(41)45(40)31-15-5-2-6-16-31/h1-29H. The van der Waals surface area contributed by atoms with Crippen LogP contribution in [-0.2, 0) is 0 Å². The van der Waals surface area contributed by atoms with Gasteiger partial charge >= 0.3 is 0 Å². The van der Waals surface area contributed by atoms with Gasteiger partial charge < -0.3 is 19.1 Å². The second kappa shape index (κ2) is 10.7. The molecule has 0 unspecified atom stereocenters. The van der Waals surface area contributed by atoms with E-state index in [1.54, 1.807) is 0 Å². The zero-order valence-electron chi connectivity index (χ0n) is 25.0. The maximum atomic E-state index is 6.57. The third-order valence-electron chi connectivity index (χ3n) is 8.74. The van der Waals surface area contributed by atoms with E-state index in [4.69, 9.17) is 4.74 Å². The van der Waals surface area contributed by atoms with Crippen molar-refractivity contribution in [2.45, 2.75) is 0 Å². The van der Waals surface area contributed by atoms with Crippen LogP contribution in [0.15, 0.2) is 176 Å². The largest absolute Gasteiger partial charge is 0.453 e. The van der Waals surface area contributed by atoms with E-state index in [0.717, 1.165) is 51.3 Å². The molecule has 0 bridgehead atoms. The van der Waals surface area contributed by atoms with Gasteiger partial charge in [-0.25, -0.2) is 0 Å². The van der Waals surface area contributed by atoms with Gasteiger partial charge in [-0.1, -0.05) is 84.9 Å². The molecule has 4 nitrogen and oxygen atoms in total. The lowest BCUT2D eigenvalue weighted by Crippen LogP contribution is -2.16. The summed E-state index contributed by atoms with van der Waals surface area (Å²) in [5.41, 5.74) is 9.79. The Morgan fingerprint density at radius 1 is 0.391 bits per heavy atom. The summed E-state index contributed by atoms with van der Waals surface area (Å²) >= 11 is 0. The number of hydrogen-bond donors (Lipinski definition) is 0. The molecule has 0 atom stereocenters. The van der Waals surface area contributed by atoms with Crippen molar-refractivity contribution in [1.29, 1.82) is 0 Å². The molecule has 2 heterocycles. The van der Waals surface area contributed by atoms with Gasteiger partial charge in [0.25, 0.3) is 0 Å². The van der Waals surface area contributed by atoms with Crippen molar-refractivity contribution in [1.82, 2.24) is 4.57 Å². The molecule has 0 spiro atoms. The minimum Gasteiger partial charge on any atom is -0.453 e. The molecule has 0 saturated heterocycles. The number of anilines is 6. The summed E-state index contributed by atoms with van der Waals surface area (Å²) in [5.74, 6) is 1.64. The van der Waals surface area contributed by atoms with E-state index in [0.29, 0.717) is 0 Å². The Balaban J connectivity index is 1.16. The van der Waals surface area contributed by atoms with Crippen LogP contribution in [0.2, 0.25) is 0 Å². The summed E-state index contributed by atoms with van der Waals surface area (Å²) in [6.07, 6.45) is 0. The third kappa shape index (κ3) is 4.23. The Kier molecular flexibility index (Phi) is 6.10. The maximum absolute atomic E-state index is 6.57. The van der Waals surface area contributed by atoms with E-state index in [1.807, 2.05) is 18.2 Å². The summed E-state index contributed by atoms with van der Waals surface area (Å²) < 4.78 is 8.92. The molecule has 0 radical (unpaired) electrons. The number of ether oxygens (including phenoxy) is 1. The molecular weight excluding hydrogens is 562 g/mol. The molecule has 9 rings (SSSR count). The van der Waals surface area contributed by atoms with Crippen molar-refractivity contribution in [2.75, 3.05) is 9.80 Å². The first kappa shape index (κ1) is 26.2. The summed E-state index contributed by atoms with van der Waals surface area (Å²) in [6, 6.07) is 61.7. The summed E-state index contributed by atoms with van der Waals surface area (Å²) in [5, 5.41) is 2.52. The molecule has 1 aliphatic heterocycles. The Hall–Kier alpha value is -6.26.